The molecule has 1 aliphatic rings. The predicted molar refractivity (Wildman–Crippen MR) is 69.3 cm³/mol. The van der Waals surface area contributed by atoms with Crippen molar-refractivity contribution >= 4 is 5.91 Å². The third-order valence-electron chi connectivity index (χ3n) is 2.78. The second-order valence-corrected chi connectivity index (χ2v) is 3.78. The Bertz CT molecular complexity index is 248. The van der Waals surface area contributed by atoms with Gasteiger partial charge in [0.1, 0.15) is 0 Å². The van der Waals surface area contributed by atoms with Crippen molar-refractivity contribution in [1.29, 1.82) is 0 Å². The van der Waals surface area contributed by atoms with Crippen LogP contribution in [-0.2, 0) is 4.79 Å². The van der Waals surface area contributed by atoms with E-state index in [4.69, 9.17) is 0 Å². The summed E-state index contributed by atoms with van der Waals surface area (Å²) in [6.07, 6.45) is 4.22. The first-order valence-electron chi connectivity index (χ1n) is 5.83. The molecule has 1 fully saturated rings. The molecule has 3 nitrogen and oxygen atoms in total. The minimum atomic E-state index is -0.000694. The Morgan fingerprint density at radius 1 is 1.38 bits per heavy atom. The molecule has 1 amide bonds. The first-order chi connectivity index (χ1) is 7.61. The van der Waals surface area contributed by atoms with Crippen LogP contribution < -0.4 is 0 Å². The molecule has 3 heteroatoms. The number of hydrogen-bond donors (Lipinski definition) is 0. The Hall–Kier alpha value is -1.09. The lowest BCUT2D eigenvalue weighted by Gasteiger charge is -2.28. The van der Waals surface area contributed by atoms with Gasteiger partial charge in [-0.05, 0) is 26.6 Å². The summed E-state index contributed by atoms with van der Waals surface area (Å²) >= 11 is 0. The van der Waals surface area contributed by atoms with E-state index in [0.29, 0.717) is 6.04 Å². The average molecular weight is 224 g/mol. The van der Waals surface area contributed by atoms with Crippen LogP contribution in [0.3, 0.4) is 0 Å². The number of rotatable bonds is 3. The predicted octanol–water partition coefficient (Wildman–Crippen LogP) is 1.92. The van der Waals surface area contributed by atoms with Gasteiger partial charge in [0.15, 0.2) is 0 Å². The number of likely N-dealkylation sites (N-methyl/N-ethyl adjacent to an activating group) is 1. The highest BCUT2D eigenvalue weighted by atomic mass is 16.2. The topological polar surface area (TPSA) is 23.6 Å². The Kier molecular flexibility index (Phi) is 6.74. The molecule has 1 saturated heterocycles. The van der Waals surface area contributed by atoms with E-state index in [2.05, 4.69) is 18.1 Å². The second-order valence-electron chi connectivity index (χ2n) is 3.78. The van der Waals surface area contributed by atoms with Gasteiger partial charge in [0.05, 0.1) is 6.04 Å². The van der Waals surface area contributed by atoms with Crippen LogP contribution in [0.5, 0.6) is 0 Å². The van der Waals surface area contributed by atoms with Crippen LogP contribution in [-0.4, -0.2) is 48.4 Å². The molecule has 92 valence electrons. The van der Waals surface area contributed by atoms with Gasteiger partial charge in [-0.15, -0.1) is 6.58 Å². The molecule has 0 aromatic carbocycles. The lowest BCUT2D eigenvalue weighted by atomic mass is 10.1. The van der Waals surface area contributed by atoms with Gasteiger partial charge in [0.2, 0.25) is 5.91 Å². The Morgan fingerprint density at radius 3 is 2.31 bits per heavy atom. The van der Waals surface area contributed by atoms with E-state index >= 15 is 0 Å². The van der Waals surface area contributed by atoms with Gasteiger partial charge in [-0.1, -0.05) is 26.5 Å². The first kappa shape index (κ1) is 14.9. The molecule has 1 heterocycles. The maximum atomic E-state index is 11.5. The van der Waals surface area contributed by atoms with Crippen molar-refractivity contribution in [2.45, 2.75) is 32.4 Å². The Balaban J connectivity index is 0.00000106. The van der Waals surface area contributed by atoms with Crippen LogP contribution in [0.2, 0.25) is 0 Å². The van der Waals surface area contributed by atoms with Gasteiger partial charge in [-0.2, -0.15) is 0 Å². The van der Waals surface area contributed by atoms with Crippen LogP contribution >= 0.6 is 0 Å². The van der Waals surface area contributed by atoms with Gasteiger partial charge in [-0.25, -0.2) is 0 Å². The molecule has 0 spiro atoms. The molecule has 16 heavy (non-hydrogen) atoms. The van der Waals surface area contributed by atoms with Crippen molar-refractivity contribution in [3.05, 3.63) is 25.3 Å². The fraction of sp³-hybridized carbons (Fsp3) is 0.615. The van der Waals surface area contributed by atoms with Crippen molar-refractivity contribution in [2.75, 3.05) is 20.6 Å². The third-order valence-corrected chi connectivity index (χ3v) is 2.78. The number of amides is 1. The average Bonchev–Trinajstić information content (AvgIpc) is 2.74. The van der Waals surface area contributed by atoms with Gasteiger partial charge in [0, 0.05) is 12.6 Å². The number of nitrogens with zero attached hydrogens (tertiary/aromatic N) is 2. The SMILES string of the molecule is C=CC(=O)N1CCC(N(C)C)C1C=C.CC. The van der Waals surface area contributed by atoms with Crippen LogP contribution in [0, 0.1) is 0 Å². The highest BCUT2D eigenvalue weighted by Crippen LogP contribution is 2.22. The fourth-order valence-electron chi connectivity index (χ4n) is 2.02. The maximum Gasteiger partial charge on any atom is 0.246 e. The van der Waals surface area contributed by atoms with Crippen molar-refractivity contribution in [3.8, 4) is 0 Å². The summed E-state index contributed by atoms with van der Waals surface area (Å²) in [5.41, 5.74) is 0. The van der Waals surface area contributed by atoms with Crippen LogP contribution in [0.4, 0.5) is 0 Å². The summed E-state index contributed by atoms with van der Waals surface area (Å²) in [7, 11) is 4.06. The van der Waals surface area contributed by atoms with Crippen molar-refractivity contribution in [2.24, 2.45) is 0 Å². The molecule has 1 aliphatic heterocycles. The van der Waals surface area contributed by atoms with E-state index in [-0.39, 0.29) is 11.9 Å². The first-order valence-corrected chi connectivity index (χ1v) is 5.83. The molecule has 0 radical (unpaired) electrons. The van der Waals surface area contributed by atoms with E-state index in [1.54, 1.807) is 0 Å². The van der Waals surface area contributed by atoms with E-state index in [1.165, 1.54) is 6.08 Å². The van der Waals surface area contributed by atoms with Crippen LogP contribution in [0.15, 0.2) is 25.3 Å². The van der Waals surface area contributed by atoms with E-state index in [9.17, 15) is 4.79 Å². The normalized spacial score (nSPS) is 23.7. The summed E-state index contributed by atoms with van der Waals surface area (Å²) in [5, 5.41) is 0. The molecule has 0 saturated carbocycles. The molecule has 0 aromatic heterocycles. The zero-order chi connectivity index (χ0) is 12.7. The van der Waals surface area contributed by atoms with Crippen molar-refractivity contribution < 1.29 is 4.79 Å². The zero-order valence-corrected chi connectivity index (χ0v) is 10.9. The summed E-state index contributed by atoms with van der Waals surface area (Å²) < 4.78 is 0. The molecule has 0 aromatic rings. The molecule has 0 bridgehead atoms. The Labute approximate surface area is 99.4 Å². The lowest BCUT2D eigenvalue weighted by molar-refractivity contribution is -0.126. The van der Waals surface area contributed by atoms with Crippen LogP contribution in [0.1, 0.15) is 20.3 Å². The highest BCUT2D eigenvalue weighted by Gasteiger charge is 2.34. The maximum absolute atomic E-state index is 11.5. The van der Waals surface area contributed by atoms with Crippen molar-refractivity contribution in [3.63, 3.8) is 0 Å². The van der Waals surface area contributed by atoms with E-state index in [1.807, 2.05) is 38.9 Å². The molecule has 0 aliphatic carbocycles. The summed E-state index contributed by atoms with van der Waals surface area (Å²) in [6.45, 7) is 12.1. The summed E-state index contributed by atoms with van der Waals surface area (Å²) in [4.78, 5) is 15.5. The summed E-state index contributed by atoms with van der Waals surface area (Å²) in [5.74, 6) is -0.000694. The smallest absolute Gasteiger partial charge is 0.246 e. The molecule has 0 N–H and O–H groups in total. The molecule has 2 unspecified atom stereocenters. The quantitative estimate of drug-likeness (QED) is 0.540. The van der Waals surface area contributed by atoms with E-state index < -0.39 is 0 Å². The molecule has 2 atom stereocenters. The molecule has 1 rings (SSSR count). The summed E-state index contributed by atoms with van der Waals surface area (Å²) in [6, 6.07) is 0.506. The highest BCUT2D eigenvalue weighted by molar-refractivity contribution is 5.87. The molecular formula is C13H24N2O. The zero-order valence-electron chi connectivity index (χ0n) is 10.9. The standard InChI is InChI=1S/C11H18N2O.C2H6/c1-5-9-10(12(3)4)7-8-13(9)11(14)6-2;1-2/h5-6,9-10H,1-2,7-8H2,3-4H3;1-2H3. The van der Waals surface area contributed by atoms with Crippen LogP contribution in [0.25, 0.3) is 0 Å². The number of hydrogen-bond acceptors (Lipinski definition) is 2. The number of carbonyl (C=O) groups is 1. The largest absolute Gasteiger partial charge is 0.331 e. The van der Waals surface area contributed by atoms with Gasteiger partial charge < -0.3 is 9.80 Å². The minimum Gasteiger partial charge on any atom is -0.331 e. The van der Waals surface area contributed by atoms with Gasteiger partial charge in [-0.3, -0.25) is 4.79 Å². The third kappa shape index (κ3) is 3.20. The second kappa shape index (κ2) is 7.23. The fourth-order valence-corrected chi connectivity index (χ4v) is 2.02. The number of likely N-dealkylation sites (tertiary alicyclic amines) is 1. The van der Waals surface area contributed by atoms with Gasteiger partial charge >= 0.3 is 0 Å². The lowest BCUT2D eigenvalue weighted by Crippen LogP contribution is -2.42. The monoisotopic (exact) mass is 224 g/mol. The van der Waals surface area contributed by atoms with Gasteiger partial charge in [0.25, 0.3) is 0 Å². The minimum absolute atomic E-state index is 0.000694. The molecular weight excluding hydrogens is 200 g/mol. The Morgan fingerprint density at radius 2 is 1.94 bits per heavy atom. The number of carbonyl (C=O) groups excluding carboxylic acids is 1. The van der Waals surface area contributed by atoms with E-state index in [0.717, 1.165) is 13.0 Å². The van der Waals surface area contributed by atoms with Crippen molar-refractivity contribution in [1.82, 2.24) is 9.80 Å².